The highest BCUT2D eigenvalue weighted by molar-refractivity contribution is 5.87. The number of epoxide rings is 1. The molecule has 0 unspecified atom stereocenters. The Kier molecular flexibility index (Phi) is 9.96. The fourth-order valence-corrected chi connectivity index (χ4v) is 5.40. The molecular formula is C30H42N2O9. The van der Waals surface area contributed by atoms with E-state index in [0.717, 1.165) is 18.4 Å². The number of carbonyl (C=O) groups excluding carboxylic acids is 2. The maximum Gasteiger partial charge on any atom is 0.335 e. The highest BCUT2D eigenvalue weighted by Crippen LogP contribution is 2.43. The van der Waals surface area contributed by atoms with Gasteiger partial charge in [0.05, 0.1) is 55.2 Å². The number of rotatable bonds is 10. The van der Waals surface area contributed by atoms with Crippen molar-refractivity contribution in [2.75, 3.05) is 6.61 Å². The molecule has 1 amide bonds. The first-order valence-electron chi connectivity index (χ1n) is 14.2. The Bertz CT molecular complexity index is 1150. The summed E-state index contributed by atoms with van der Waals surface area (Å²) in [4.78, 5) is 29.6. The van der Waals surface area contributed by atoms with Gasteiger partial charge in [0.25, 0.3) is 0 Å². The third-order valence-corrected chi connectivity index (χ3v) is 7.79. The van der Waals surface area contributed by atoms with Crippen molar-refractivity contribution in [3.8, 4) is 11.8 Å². The van der Waals surface area contributed by atoms with Crippen molar-refractivity contribution in [3.63, 3.8) is 0 Å². The van der Waals surface area contributed by atoms with Gasteiger partial charge in [0.2, 0.25) is 17.7 Å². The summed E-state index contributed by atoms with van der Waals surface area (Å²) in [5, 5.41) is 31.7. The number of aliphatic hydroxyl groups is 1. The number of aromatic nitrogens is 1. The molecule has 41 heavy (non-hydrogen) atoms. The van der Waals surface area contributed by atoms with E-state index in [1.807, 2.05) is 26.0 Å². The summed E-state index contributed by atoms with van der Waals surface area (Å²) < 4.78 is 18.8. The second-order valence-electron chi connectivity index (χ2n) is 11.5. The topological polar surface area (TPSA) is 152 Å². The van der Waals surface area contributed by atoms with Crippen LogP contribution in [0.1, 0.15) is 59.8 Å². The fraction of sp³-hybridized carbons (Fsp3) is 0.600. The number of allylic oxidation sites excluding steroid dienone is 2. The number of hydrogen-bond donors (Lipinski definition) is 4. The highest BCUT2D eigenvalue weighted by atomic mass is 16.7. The Morgan fingerprint density at radius 3 is 2.56 bits per heavy atom. The van der Waals surface area contributed by atoms with E-state index in [1.54, 1.807) is 6.92 Å². The second-order valence-corrected chi connectivity index (χ2v) is 11.5. The average molecular weight is 575 g/mol. The zero-order valence-electron chi connectivity index (χ0n) is 24.1. The normalized spacial score (nSPS) is 32.9. The number of carbonyl (C=O) groups is 2. The first-order chi connectivity index (χ1) is 19.4. The van der Waals surface area contributed by atoms with Crippen LogP contribution in [-0.2, 0) is 23.8 Å². The number of nitrogens with one attached hydrogen (secondary N) is 1. The molecule has 1 spiro atoms. The molecular weight excluding hydrogens is 532 g/mol. The quantitative estimate of drug-likeness (QED) is 0.188. The summed E-state index contributed by atoms with van der Waals surface area (Å²) in [7, 11) is 0. The lowest BCUT2D eigenvalue weighted by Crippen LogP contribution is -2.50. The molecule has 4 heterocycles. The van der Waals surface area contributed by atoms with E-state index in [4.69, 9.17) is 19.0 Å². The molecule has 0 aromatic carbocycles. The van der Waals surface area contributed by atoms with E-state index in [2.05, 4.69) is 18.3 Å². The van der Waals surface area contributed by atoms with Gasteiger partial charge in [-0.05, 0) is 39.5 Å². The van der Waals surface area contributed by atoms with Crippen LogP contribution in [0.25, 0.3) is 0 Å². The fourth-order valence-electron chi connectivity index (χ4n) is 5.40. The van der Waals surface area contributed by atoms with Crippen LogP contribution in [0.5, 0.6) is 11.8 Å². The van der Waals surface area contributed by atoms with Crippen molar-refractivity contribution in [1.82, 2.24) is 10.0 Å². The third kappa shape index (κ3) is 8.68. The summed E-state index contributed by atoms with van der Waals surface area (Å²) in [6, 6.07) is 2.35. The van der Waals surface area contributed by atoms with Gasteiger partial charge in [-0.15, -0.1) is 4.73 Å². The summed E-state index contributed by atoms with van der Waals surface area (Å²) in [5.41, 5.74) is 0.759. The third-order valence-electron chi connectivity index (χ3n) is 7.79. The first kappa shape index (κ1) is 30.8. The summed E-state index contributed by atoms with van der Waals surface area (Å²) in [5.74, 6) is -1.38. The van der Waals surface area contributed by atoms with Gasteiger partial charge in [-0.1, -0.05) is 36.8 Å². The molecule has 4 rings (SSSR count). The van der Waals surface area contributed by atoms with Gasteiger partial charge in [-0.3, -0.25) is 4.79 Å². The zero-order chi connectivity index (χ0) is 29.7. The Morgan fingerprint density at radius 1 is 1.20 bits per heavy atom. The van der Waals surface area contributed by atoms with Crippen LogP contribution >= 0.6 is 0 Å². The Morgan fingerprint density at radius 2 is 1.90 bits per heavy atom. The maximum atomic E-state index is 12.4. The van der Waals surface area contributed by atoms with Crippen LogP contribution in [0.4, 0.5) is 0 Å². The minimum Gasteiger partial charge on any atom is -0.492 e. The van der Waals surface area contributed by atoms with Gasteiger partial charge in [-0.25, -0.2) is 4.79 Å². The second kappa shape index (κ2) is 13.2. The monoisotopic (exact) mass is 574 g/mol. The van der Waals surface area contributed by atoms with Gasteiger partial charge in [0.15, 0.2) is 0 Å². The SMILES string of the molecule is CC(C=C[C@@H]1C[C@]2(CO2)C[C@@H](CC(=O)On2c(O)ccc2O)O1)=CC[C@@H]1O[C@H](C)[C@H](NC(=O)C=C[C@H](C)O)C[C@@H]1C. The molecule has 0 aliphatic carbocycles. The van der Waals surface area contributed by atoms with Crippen molar-refractivity contribution in [3.05, 3.63) is 48.1 Å². The van der Waals surface area contributed by atoms with Gasteiger partial charge in [-0.2, -0.15) is 0 Å². The van der Waals surface area contributed by atoms with Gasteiger partial charge in [0, 0.05) is 31.1 Å². The minimum absolute atomic E-state index is 0.0261. The van der Waals surface area contributed by atoms with Crippen molar-refractivity contribution in [2.24, 2.45) is 5.92 Å². The smallest absolute Gasteiger partial charge is 0.335 e. The lowest BCUT2D eigenvalue weighted by molar-refractivity contribution is -0.151. The molecule has 0 bridgehead atoms. The minimum atomic E-state index is -0.672. The number of aliphatic hydroxyl groups excluding tert-OH is 1. The molecule has 11 nitrogen and oxygen atoms in total. The van der Waals surface area contributed by atoms with Crippen LogP contribution < -0.4 is 10.2 Å². The zero-order valence-corrected chi connectivity index (χ0v) is 24.1. The Labute approximate surface area is 240 Å². The lowest BCUT2D eigenvalue weighted by atomic mass is 9.88. The maximum absolute atomic E-state index is 12.4. The molecule has 3 aliphatic heterocycles. The van der Waals surface area contributed by atoms with Gasteiger partial charge >= 0.3 is 5.97 Å². The molecule has 3 fully saturated rings. The van der Waals surface area contributed by atoms with Crippen LogP contribution in [0.3, 0.4) is 0 Å². The van der Waals surface area contributed by atoms with E-state index in [-0.39, 0.29) is 60.0 Å². The van der Waals surface area contributed by atoms with Crippen molar-refractivity contribution in [1.29, 1.82) is 0 Å². The number of aromatic hydroxyl groups is 2. The van der Waals surface area contributed by atoms with Crippen LogP contribution in [0.15, 0.2) is 48.1 Å². The summed E-state index contributed by atoms with van der Waals surface area (Å²) in [6.45, 7) is 8.31. The van der Waals surface area contributed by atoms with Crippen LogP contribution in [0, 0.1) is 5.92 Å². The van der Waals surface area contributed by atoms with Crippen LogP contribution in [0.2, 0.25) is 0 Å². The molecule has 226 valence electrons. The predicted molar refractivity (Wildman–Crippen MR) is 149 cm³/mol. The number of nitrogens with zero attached hydrogens (tertiary/aromatic N) is 1. The van der Waals surface area contributed by atoms with Crippen molar-refractivity contribution in [2.45, 2.75) is 102 Å². The predicted octanol–water partition coefficient (Wildman–Crippen LogP) is 2.69. The number of ether oxygens (including phenoxy) is 3. The summed E-state index contributed by atoms with van der Waals surface area (Å²) >= 11 is 0. The molecule has 0 saturated carbocycles. The average Bonchev–Trinajstić information content (AvgIpc) is 3.57. The Hall–Kier alpha value is -3.12. The molecule has 3 aliphatic rings. The molecule has 4 N–H and O–H groups in total. The van der Waals surface area contributed by atoms with Gasteiger partial charge < -0.3 is 39.7 Å². The number of hydrogen-bond acceptors (Lipinski definition) is 9. The Balaban J connectivity index is 1.26. The first-order valence-corrected chi connectivity index (χ1v) is 14.2. The van der Waals surface area contributed by atoms with E-state index in [9.17, 15) is 24.9 Å². The molecule has 3 saturated heterocycles. The lowest BCUT2D eigenvalue weighted by Gasteiger charge is -2.39. The highest BCUT2D eigenvalue weighted by Gasteiger charge is 2.51. The van der Waals surface area contributed by atoms with Crippen molar-refractivity contribution >= 4 is 11.9 Å². The van der Waals surface area contributed by atoms with Crippen LogP contribution in [-0.4, -0.2) is 80.7 Å². The van der Waals surface area contributed by atoms with E-state index >= 15 is 0 Å². The van der Waals surface area contributed by atoms with E-state index in [1.165, 1.54) is 24.3 Å². The number of amides is 1. The molecule has 1 aromatic heterocycles. The molecule has 11 heteroatoms. The largest absolute Gasteiger partial charge is 0.492 e. The molecule has 0 radical (unpaired) electrons. The van der Waals surface area contributed by atoms with E-state index in [0.29, 0.717) is 24.2 Å². The van der Waals surface area contributed by atoms with E-state index < -0.39 is 18.2 Å². The standard InChI is InChI=1S/C30H42N2O9/c1-18(6-9-25-19(2)13-24(21(4)39-25)31-26(34)10-7-20(3)33)5-8-22-15-30(17-38-30)16-23(40-22)14-29(37)41-32-27(35)11-12-28(32)36/h5-8,10-12,19-25,33,35-36H,9,13-17H2,1-4H3,(H,31,34)/t19-,20-,21+,22+,23+,24+,25-,30+/m0/s1. The van der Waals surface area contributed by atoms with Crippen molar-refractivity contribution < 1.29 is 44.0 Å². The van der Waals surface area contributed by atoms with Gasteiger partial charge in [0.1, 0.15) is 0 Å². The summed E-state index contributed by atoms with van der Waals surface area (Å²) in [6.07, 6.45) is 10.2. The molecule has 1 aromatic rings. The molecule has 8 atom stereocenters.